The quantitative estimate of drug-likeness (QED) is 0.796. The van der Waals surface area contributed by atoms with Crippen LogP contribution in [0.1, 0.15) is 25.1 Å². The van der Waals surface area contributed by atoms with Crippen molar-refractivity contribution >= 4 is 0 Å². The van der Waals surface area contributed by atoms with Crippen LogP contribution in [0.5, 0.6) is 0 Å². The first-order chi connectivity index (χ1) is 8.69. The van der Waals surface area contributed by atoms with Gasteiger partial charge in [-0.15, -0.1) is 0 Å². The van der Waals surface area contributed by atoms with E-state index in [-0.39, 0.29) is 6.10 Å². The van der Waals surface area contributed by atoms with E-state index in [1.807, 2.05) is 6.92 Å². The molecule has 2 unspecified atom stereocenters. The first-order valence-corrected chi connectivity index (χ1v) is 6.40. The maximum absolute atomic E-state index is 9.55. The molecule has 0 aromatic carbocycles. The first-order valence-electron chi connectivity index (χ1n) is 6.40. The Morgan fingerprint density at radius 1 is 1.61 bits per heavy atom. The second-order valence-corrected chi connectivity index (χ2v) is 4.87. The van der Waals surface area contributed by atoms with E-state index in [9.17, 15) is 5.11 Å². The van der Waals surface area contributed by atoms with Gasteiger partial charge in [0.2, 0.25) is 5.89 Å². The smallest absolute Gasteiger partial charge is 0.240 e. The van der Waals surface area contributed by atoms with Crippen LogP contribution in [0.25, 0.3) is 0 Å². The van der Waals surface area contributed by atoms with Gasteiger partial charge in [0.25, 0.3) is 0 Å². The lowest BCUT2D eigenvalue weighted by atomic mass is 10.0. The van der Waals surface area contributed by atoms with Crippen molar-refractivity contribution in [2.75, 3.05) is 26.8 Å². The fraction of sp³-hybridized carbons (Fsp3) is 0.833. The van der Waals surface area contributed by atoms with Crippen LogP contribution in [0, 0.1) is 5.92 Å². The molecule has 2 rings (SSSR count). The van der Waals surface area contributed by atoms with Crippen molar-refractivity contribution < 1.29 is 14.4 Å². The highest BCUT2D eigenvalue weighted by Gasteiger charge is 2.26. The number of likely N-dealkylation sites (tertiary alicyclic amines) is 1. The molecule has 0 saturated carbocycles. The predicted molar refractivity (Wildman–Crippen MR) is 64.9 cm³/mol. The van der Waals surface area contributed by atoms with Crippen molar-refractivity contribution in [1.82, 2.24) is 15.0 Å². The van der Waals surface area contributed by atoms with Gasteiger partial charge in [0.1, 0.15) is 0 Å². The van der Waals surface area contributed by atoms with Gasteiger partial charge < -0.3 is 14.4 Å². The largest absolute Gasteiger partial charge is 0.393 e. The summed E-state index contributed by atoms with van der Waals surface area (Å²) in [4.78, 5) is 6.56. The summed E-state index contributed by atoms with van der Waals surface area (Å²) in [5, 5.41) is 13.5. The Bertz CT molecular complexity index is 367. The van der Waals surface area contributed by atoms with Crippen molar-refractivity contribution in [3.63, 3.8) is 0 Å². The van der Waals surface area contributed by atoms with Crippen molar-refractivity contribution in [2.24, 2.45) is 5.92 Å². The zero-order valence-corrected chi connectivity index (χ0v) is 11.0. The van der Waals surface area contributed by atoms with E-state index < -0.39 is 0 Å². The minimum atomic E-state index is -0.241. The Kier molecular flexibility index (Phi) is 4.68. The molecule has 102 valence electrons. The lowest BCUT2D eigenvalue weighted by Gasteiger charge is -2.15. The van der Waals surface area contributed by atoms with Crippen LogP contribution in [0.4, 0.5) is 0 Å². The van der Waals surface area contributed by atoms with Crippen molar-refractivity contribution in [1.29, 1.82) is 0 Å². The molecule has 0 aliphatic carbocycles. The van der Waals surface area contributed by atoms with Crippen molar-refractivity contribution in [3.8, 4) is 0 Å². The highest BCUT2D eigenvalue weighted by Crippen LogP contribution is 2.20. The molecular weight excluding hydrogens is 234 g/mol. The molecule has 1 aliphatic heterocycles. The minimum absolute atomic E-state index is 0.241. The van der Waals surface area contributed by atoms with Crippen LogP contribution in [-0.4, -0.2) is 53.1 Å². The lowest BCUT2D eigenvalue weighted by molar-refractivity contribution is 0.125. The summed E-state index contributed by atoms with van der Waals surface area (Å²) in [5.41, 5.74) is 0. The van der Waals surface area contributed by atoms with Crippen LogP contribution in [0.2, 0.25) is 0 Å². The van der Waals surface area contributed by atoms with Crippen molar-refractivity contribution in [3.05, 3.63) is 11.7 Å². The highest BCUT2D eigenvalue weighted by molar-refractivity contribution is 4.88. The second-order valence-electron chi connectivity index (χ2n) is 4.87. The van der Waals surface area contributed by atoms with Gasteiger partial charge >= 0.3 is 0 Å². The van der Waals surface area contributed by atoms with Gasteiger partial charge in [-0.3, -0.25) is 4.90 Å². The van der Waals surface area contributed by atoms with Gasteiger partial charge in [0.05, 0.1) is 19.3 Å². The number of aliphatic hydroxyl groups excluding tert-OH is 1. The molecule has 1 N–H and O–H groups in total. The molecule has 1 aromatic rings. The molecule has 2 atom stereocenters. The van der Waals surface area contributed by atoms with E-state index in [0.717, 1.165) is 19.5 Å². The molecule has 0 radical (unpaired) electrons. The van der Waals surface area contributed by atoms with E-state index in [1.54, 1.807) is 7.11 Å². The number of aromatic nitrogens is 2. The molecule has 2 heterocycles. The van der Waals surface area contributed by atoms with E-state index >= 15 is 0 Å². The average Bonchev–Trinajstić information content (AvgIpc) is 2.96. The van der Waals surface area contributed by atoms with Crippen LogP contribution in [0.15, 0.2) is 4.52 Å². The SMILES string of the molecule is COCCc1noc(CN2CCC(C(C)O)C2)n1. The summed E-state index contributed by atoms with van der Waals surface area (Å²) >= 11 is 0. The van der Waals surface area contributed by atoms with Gasteiger partial charge in [-0.1, -0.05) is 5.16 Å². The van der Waals surface area contributed by atoms with Gasteiger partial charge in [-0.25, -0.2) is 0 Å². The Hall–Kier alpha value is -0.980. The van der Waals surface area contributed by atoms with Crippen LogP contribution >= 0.6 is 0 Å². The Morgan fingerprint density at radius 2 is 2.44 bits per heavy atom. The van der Waals surface area contributed by atoms with Gasteiger partial charge in [-0.2, -0.15) is 4.98 Å². The fourth-order valence-corrected chi connectivity index (χ4v) is 2.24. The van der Waals surface area contributed by atoms with Gasteiger partial charge in [0, 0.05) is 20.1 Å². The van der Waals surface area contributed by atoms with E-state index in [2.05, 4.69) is 15.0 Å². The summed E-state index contributed by atoms with van der Waals surface area (Å²) < 4.78 is 10.2. The monoisotopic (exact) mass is 255 g/mol. The van der Waals surface area contributed by atoms with E-state index in [0.29, 0.717) is 37.2 Å². The normalized spacial score (nSPS) is 22.5. The van der Waals surface area contributed by atoms with Crippen LogP contribution < -0.4 is 0 Å². The van der Waals surface area contributed by atoms with E-state index in [4.69, 9.17) is 9.26 Å². The Balaban J connectivity index is 1.81. The maximum Gasteiger partial charge on any atom is 0.240 e. The first kappa shape index (κ1) is 13.5. The zero-order valence-electron chi connectivity index (χ0n) is 11.0. The predicted octanol–water partition coefficient (Wildman–Crippen LogP) is 0.461. The lowest BCUT2D eigenvalue weighted by Crippen LogP contribution is -2.24. The summed E-state index contributed by atoms with van der Waals surface area (Å²) in [6, 6.07) is 0. The molecule has 0 amide bonds. The molecular formula is C12H21N3O3. The zero-order chi connectivity index (χ0) is 13.0. The number of aliphatic hydroxyl groups is 1. The van der Waals surface area contributed by atoms with Gasteiger partial charge in [0.15, 0.2) is 5.82 Å². The van der Waals surface area contributed by atoms with E-state index in [1.165, 1.54) is 0 Å². The summed E-state index contributed by atoms with van der Waals surface area (Å²) in [7, 11) is 1.65. The molecule has 6 nitrogen and oxygen atoms in total. The Morgan fingerprint density at radius 3 is 3.11 bits per heavy atom. The van der Waals surface area contributed by atoms with Gasteiger partial charge in [-0.05, 0) is 25.8 Å². The van der Waals surface area contributed by atoms with Crippen molar-refractivity contribution in [2.45, 2.75) is 32.4 Å². The summed E-state index contributed by atoms with van der Waals surface area (Å²) in [6.07, 6.45) is 1.47. The Labute approximate surface area is 107 Å². The van der Waals surface area contributed by atoms with Crippen LogP contribution in [0.3, 0.4) is 0 Å². The average molecular weight is 255 g/mol. The third kappa shape index (κ3) is 3.51. The number of methoxy groups -OCH3 is 1. The molecule has 0 spiro atoms. The molecule has 6 heteroatoms. The topological polar surface area (TPSA) is 71.6 Å². The number of rotatable bonds is 6. The fourth-order valence-electron chi connectivity index (χ4n) is 2.24. The summed E-state index contributed by atoms with van der Waals surface area (Å²) in [5.74, 6) is 1.70. The number of nitrogens with zero attached hydrogens (tertiary/aromatic N) is 3. The standard InChI is InChI=1S/C12H21N3O3/c1-9(16)10-3-5-15(7-10)8-12-13-11(14-18-12)4-6-17-2/h9-10,16H,3-8H2,1-2H3. The minimum Gasteiger partial charge on any atom is -0.393 e. The third-order valence-corrected chi connectivity index (χ3v) is 3.39. The second kappa shape index (κ2) is 6.26. The number of hydrogen-bond donors (Lipinski definition) is 1. The molecule has 18 heavy (non-hydrogen) atoms. The molecule has 1 fully saturated rings. The maximum atomic E-state index is 9.55. The third-order valence-electron chi connectivity index (χ3n) is 3.39. The molecule has 1 saturated heterocycles. The highest BCUT2D eigenvalue weighted by atomic mass is 16.5. The number of ether oxygens (including phenoxy) is 1. The summed E-state index contributed by atoms with van der Waals surface area (Å²) in [6.45, 7) is 5.00. The molecule has 1 aliphatic rings. The number of hydrogen-bond acceptors (Lipinski definition) is 6. The molecule has 1 aromatic heterocycles. The van der Waals surface area contributed by atoms with Crippen LogP contribution in [-0.2, 0) is 17.7 Å². The molecule has 0 bridgehead atoms.